The van der Waals surface area contributed by atoms with Crippen molar-refractivity contribution in [2.45, 2.75) is 27.2 Å². The van der Waals surface area contributed by atoms with Crippen LogP contribution >= 0.6 is 0 Å². The number of rotatable bonds is 3. The fourth-order valence-electron chi connectivity index (χ4n) is 5.75. The number of benzene rings is 1. The fourth-order valence-corrected chi connectivity index (χ4v) is 5.75. The maximum absolute atomic E-state index is 13.2. The molecule has 4 aliphatic carbocycles. The molecule has 0 unspecified atom stereocenters. The average molecular weight is 364 g/mol. The van der Waals surface area contributed by atoms with E-state index >= 15 is 0 Å². The molecule has 3 fully saturated rings. The Hall–Kier alpha value is -2.43. The topological polar surface area (TPSA) is 57.7 Å². The maximum atomic E-state index is 13.2. The minimum absolute atomic E-state index is 0.0126. The predicted octanol–water partition coefficient (Wildman–Crippen LogP) is 2.67. The fraction of sp³-hybridized carbons (Fsp3) is 0.500. The molecule has 1 saturated heterocycles. The molecule has 0 aromatic heterocycles. The molecule has 3 amide bonds. The van der Waals surface area contributed by atoms with Crippen LogP contribution in [-0.4, -0.2) is 29.3 Å². The van der Waals surface area contributed by atoms with Gasteiger partial charge in [-0.15, -0.1) is 0 Å². The molecular weight excluding hydrogens is 340 g/mol. The van der Waals surface area contributed by atoms with Crippen molar-refractivity contribution in [2.24, 2.45) is 35.5 Å². The summed E-state index contributed by atoms with van der Waals surface area (Å²) in [5.41, 5.74) is 2.83. The first-order valence-corrected chi connectivity index (χ1v) is 9.77. The summed E-state index contributed by atoms with van der Waals surface area (Å²) in [4.78, 5) is 41.6. The summed E-state index contributed by atoms with van der Waals surface area (Å²) in [6, 6.07) is 5.85. The Balaban J connectivity index is 1.45. The van der Waals surface area contributed by atoms with Crippen LogP contribution in [0.3, 0.4) is 0 Å². The van der Waals surface area contributed by atoms with Crippen molar-refractivity contribution in [3.63, 3.8) is 0 Å². The van der Waals surface area contributed by atoms with Crippen LogP contribution in [0.15, 0.2) is 30.4 Å². The lowest BCUT2D eigenvalue weighted by Crippen LogP contribution is -2.44. The zero-order chi connectivity index (χ0) is 19.0. The molecule has 140 valence electrons. The second kappa shape index (κ2) is 5.54. The van der Waals surface area contributed by atoms with E-state index < -0.39 is 0 Å². The Kier molecular flexibility index (Phi) is 3.43. The molecule has 5 aliphatic rings. The standard InChI is InChI=1S/C22H24N2O3/c1-11-4-7-18(12(2)8-11)23(13(3)25)10-24-21(26)19-14-5-6-15(17-9-16(14)17)20(19)22(24)27/h4-8,14-17,19-20H,9-10H2,1-3H3/t14-,15-,16-,17+,19+,20+/m1/s1. The molecule has 6 atom stereocenters. The van der Waals surface area contributed by atoms with E-state index in [9.17, 15) is 14.4 Å². The highest BCUT2D eigenvalue weighted by Crippen LogP contribution is 2.65. The minimum Gasteiger partial charge on any atom is -0.294 e. The zero-order valence-electron chi connectivity index (χ0n) is 15.9. The Bertz CT molecular complexity index is 869. The van der Waals surface area contributed by atoms with Crippen LogP contribution in [-0.2, 0) is 14.4 Å². The number of aryl methyl sites for hydroxylation is 2. The van der Waals surface area contributed by atoms with E-state index in [-0.39, 0.29) is 48.1 Å². The van der Waals surface area contributed by atoms with Gasteiger partial charge in [0.05, 0.1) is 11.8 Å². The molecule has 1 aliphatic heterocycles. The SMILES string of the molecule is CC(=O)N(CN1C(=O)[C@H]2[C@@H]3C=C[C@H]([C@@H]4C[C@H]34)[C@@H]2C1=O)c1ccc(C)cc1C. The monoisotopic (exact) mass is 364 g/mol. The first-order chi connectivity index (χ1) is 12.9. The molecule has 6 rings (SSSR count). The van der Waals surface area contributed by atoms with E-state index in [1.165, 1.54) is 11.8 Å². The Morgan fingerprint density at radius 1 is 1.07 bits per heavy atom. The van der Waals surface area contributed by atoms with Gasteiger partial charge in [-0.3, -0.25) is 24.2 Å². The van der Waals surface area contributed by atoms with E-state index in [0.29, 0.717) is 11.8 Å². The number of allylic oxidation sites excluding steroid dienone is 2. The molecule has 1 aromatic rings. The van der Waals surface area contributed by atoms with Crippen molar-refractivity contribution < 1.29 is 14.4 Å². The van der Waals surface area contributed by atoms with Crippen LogP contribution in [0.25, 0.3) is 0 Å². The van der Waals surface area contributed by atoms with E-state index in [1.54, 1.807) is 4.90 Å². The highest BCUT2D eigenvalue weighted by molar-refractivity contribution is 6.07. The summed E-state index contributed by atoms with van der Waals surface area (Å²) in [6.07, 6.45) is 5.49. The number of hydrogen-bond acceptors (Lipinski definition) is 3. The first-order valence-electron chi connectivity index (χ1n) is 9.77. The van der Waals surface area contributed by atoms with Crippen molar-refractivity contribution >= 4 is 23.4 Å². The van der Waals surface area contributed by atoms with Crippen molar-refractivity contribution in [3.05, 3.63) is 41.5 Å². The summed E-state index contributed by atoms with van der Waals surface area (Å²) < 4.78 is 0. The lowest BCUT2D eigenvalue weighted by molar-refractivity contribution is -0.140. The Labute approximate surface area is 159 Å². The lowest BCUT2D eigenvalue weighted by atomic mass is 9.63. The largest absolute Gasteiger partial charge is 0.294 e. The second-order valence-corrected chi connectivity index (χ2v) is 8.64. The zero-order valence-corrected chi connectivity index (χ0v) is 15.9. The van der Waals surface area contributed by atoms with Gasteiger partial charge in [0.1, 0.15) is 6.67 Å². The molecule has 2 saturated carbocycles. The van der Waals surface area contributed by atoms with Crippen molar-refractivity contribution in [1.82, 2.24) is 4.90 Å². The number of hydrogen-bond donors (Lipinski definition) is 0. The average Bonchev–Trinajstić information content (AvgIpc) is 3.40. The van der Waals surface area contributed by atoms with Gasteiger partial charge in [-0.2, -0.15) is 0 Å². The Morgan fingerprint density at radius 2 is 1.67 bits per heavy atom. The number of imide groups is 1. The third-order valence-corrected chi connectivity index (χ3v) is 7.06. The molecule has 0 radical (unpaired) electrons. The van der Waals surface area contributed by atoms with Gasteiger partial charge in [0.2, 0.25) is 17.7 Å². The smallest absolute Gasteiger partial charge is 0.235 e. The van der Waals surface area contributed by atoms with Crippen LogP contribution in [0.1, 0.15) is 24.5 Å². The van der Waals surface area contributed by atoms with Crippen molar-refractivity contribution in [3.8, 4) is 0 Å². The predicted molar refractivity (Wildman–Crippen MR) is 100 cm³/mol. The molecule has 5 nitrogen and oxygen atoms in total. The first kappa shape index (κ1) is 16.7. The number of anilines is 1. The second-order valence-electron chi connectivity index (χ2n) is 8.64. The lowest BCUT2D eigenvalue weighted by Gasteiger charge is -2.37. The summed E-state index contributed by atoms with van der Waals surface area (Å²) in [6.45, 7) is 5.45. The molecule has 1 heterocycles. The van der Waals surface area contributed by atoms with Gasteiger partial charge in [0.15, 0.2) is 0 Å². The molecule has 2 bridgehead atoms. The van der Waals surface area contributed by atoms with E-state index in [4.69, 9.17) is 0 Å². The molecule has 0 N–H and O–H groups in total. The number of nitrogens with zero attached hydrogens (tertiary/aromatic N) is 2. The highest BCUT2D eigenvalue weighted by Gasteiger charge is 2.67. The molecule has 1 aromatic carbocycles. The van der Waals surface area contributed by atoms with Gasteiger partial charge in [-0.1, -0.05) is 29.8 Å². The van der Waals surface area contributed by atoms with E-state index in [2.05, 4.69) is 12.2 Å². The highest BCUT2D eigenvalue weighted by atomic mass is 16.2. The van der Waals surface area contributed by atoms with Gasteiger partial charge in [-0.25, -0.2) is 0 Å². The van der Waals surface area contributed by atoms with Crippen LogP contribution < -0.4 is 4.90 Å². The maximum Gasteiger partial charge on any atom is 0.235 e. The van der Waals surface area contributed by atoms with Gasteiger partial charge in [0.25, 0.3) is 0 Å². The molecule has 27 heavy (non-hydrogen) atoms. The van der Waals surface area contributed by atoms with Gasteiger partial charge < -0.3 is 0 Å². The third kappa shape index (κ3) is 2.27. The minimum atomic E-state index is -0.218. The summed E-state index contributed by atoms with van der Waals surface area (Å²) in [7, 11) is 0. The van der Waals surface area contributed by atoms with Crippen molar-refractivity contribution in [2.75, 3.05) is 11.6 Å². The van der Waals surface area contributed by atoms with Crippen LogP contribution in [0.5, 0.6) is 0 Å². The summed E-state index contributed by atoms with van der Waals surface area (Å²) in [5, 5.41) is 0. The number of carbonyl (C=O) groups excluding carboxylic acids is 3. The van der Waals surface area contributed by atoms with Gasteiger partial charge in [-0.05, 0) is 55.6 Å². The van der Waals surface area contributed by atoms with Gasteiger partial charge >= 0.3 is 0 Å². The molecule has 5 heteroatoms. The normalized spacial score (nSPS) is 35.3. The number of likely N-dealkylation sites (tertiary alicyclic amines) is 1. The summed E-state index contributed by atoms with van der Waals surface area (Å²) in [5.74, 6) is 0.797. The summed E-state index contributed by atoms with van der Waals surface area (Å²) >= 11 is 0. The van der Waals surface area contributed by atoms with Crippen LogP contribution in [0, 0.1) is 49.4 Å². The van der Waals surface area contributed by atoms with Crippen LogP contribution in [0.2, 0.25) is 0 Å². The molecule has 0 spiro atoms. The van der Waals surface area contributed by atoms with E-state index in [1.807, 2.05) is 32.0 Å². The van der Waals surface area contributed by atoms with Gasteiger partial charge in [0, 0.05) is 12.6 Å². The third-order valence-electron chi connectivity index (χ3n) is 7.06. The van der Waals surface area contributed by atoms with E-state index in [0.717, 1.165) is 23.2 Å². The van der Waals surface area contributed by atoms with Crippen LogP contribution in [0.4, 0.5) is 5.69 Å². The quantitative estimate of drug-likeness (QED) is 0.612. The van der Waals surface area contributed by atoms with Crippen molar-refractivity contribution in [1.29, 1.82) is 0 Å². The Morgan fingerprint density at radius 3 is 2.19 bits per heavy atom. The molecular formula is C22H24N2O3. The number of amides is 3. The number of carbonyl (C=O) groups is 3.